The molecule has 2 nitrogen and oxygen atoms in total. The molecule has 0 spiro atoms. The second kappa shape index (κ2) is 5.55. The maximum absolute atomic E-state index is 6.31. The van der Waals surface area contributed by atoms with Gasteiger partial charge in [0.2, 0.25) is 0 Å². The van der Waals surface area contributed by atoms with Crippen LogP contribution in [0.5, 0.6) is 5.75 Å². The zero-order valence-corrected chi connectivity index (χ0v) is 12.1. The third-order valence-electron chi connectivity index (χ3n) is 3.00. The quantitative estimate of drug-likeness (QED) is 0.936. The van der Waals surface area contributed by atoms with E-state index < -0.39 is 0 Å². The Morgan fingerprint density at radius 1 is 1.17 bits per heavy atom. The molecule has 1 atom stereocenters. The van der Waals surface area contributed by atoms with Gasteiger partial charge in [-0.25, -0.2) is 0 Å². The van der Waals surface area contributed by atoms with E-state index in [9.17, 15) is 0 Å². The van der Waals surface area contributed by atoms with Crippen molar-refractivity contribution in [1.82, 2.24) is 0 Å². The van der Waals surface area contributed by atoms with Gasteiger partial charge >= 0.3 is 0 Å². The zero-order chi connectivity index (χ0) is 13.1. The van der Waals surface area contributed by atoms with E-state index in [4.69, 9.17) is 10.5 Å². The summed E-state index contributed by atoms with van der Waals surface area (Å²) in [5.74, 6) is 0.826. The summed E-state index contributed by atoms with van der Waals surface area (Å²) in [5.41, 5.74) is 9.51. The van der Waals surface area contributed by atoms with E-state index in [-0.39, 0.29) is 6.04 Å². The minimum absolute atomic E-state index is 0.182. The van der Waals surface area contributed by atoms with Crippen LogP contribution < -0.4 is 10.5 Å². The molecule has 1 unspecified atom stereocenters. The topological polar surface area (TPSA) is 35.2 Å². The summed E-state index contributed by atoms with van der Waals surface area (Å²) in [6.07, 6.45) is 0. The molecule has 0 radical (unpaired) electrons. The Bertz CT molecular complexity index is 540. The van der Waals surface area contributed by atoms with Crippen molar-refractivity contribution >= 4 is 15.9 Å². The van der Waals surface area contributed by atoms with Crippen LogP contribution in [0.2, 0.25) is 0 Å². The van der Waals surface area contributed by atoms with Gasteiger partial charge in [0, 0.05) is 10.0 Å². The Morgan fingerprint density at radius 2 is 1.83 bits per heavy atom. The number of hydrogen-bond acceptors (Lipinski definition) is 2. The SMILES string of the molecule is COc1cc(C)c(Br)cc1C(N)c1ccccc1. The molecule has 0 heterocycles. The normalized spacial score (nSPS) is 12.2. The van der Waals surface area contributed by atoms with Crippen molar-refractivity contribution in [2.75, 3.05) is 7.11 Å². The third kappa shape index (κ3) is 2.57. The summed E-state index contributed by atoms with van der Waals surface area (Å²) in [7, 11) is 1.67. The van der Waals surface area contributed by atoms with E-state index in [1.165, 1.54) is 0 Å². The number of hydrogen-bond donors (Lipinski definition) is 1. The molecular weight excluding hydrogens is 290 g/mol. The van der Waals surface area contributed by atoms with Gasteiger partial charge in [0.1, 0.15) is 5.75 Å². The first-order valence-electron chi connectivity index (χ1n) is 5.78. The summed E-state index contributed by atoms with van der Waals surface area (Å²) in [6.45, 7) is 2.03. The van der Waals surface area contributed by atoms with Crippen LogP contribution in [0, 0.1) is 6.92 Å². The molecule has 0 aliphatic carbocycles. The minimum atomic E-state index is -0.182. The smallest absolute Gasteiger partial charge is 0.124 e. The largest absolute Gasteiger partial charge is 0.496 e. The molecule has 0 saturated carbocycles. The Labute approximate surface area is 116 Å². The minimum Gasteiger partial charge on any atom is -0.496 e. The zero-order valence-electron chi connectivity index (χ0n) is 10.5. The molecule has 0 aliphatic heterocycles. The van der Waals surface area contributed by atoms with Crippen molar-refractivity contribution in [1.29, 1.82) is 0 Å². The Kier molecular flexibility index (Phi) is 4.04. The Balaban J connectivity index is 2.47. The highest BCUT2D eigenvalue weighted by molar-refractivity contribution is 9.10. The van der Waals surface area contributed by atoms with Crippen molar-refractivity contribution in [3.8, 4) is 5.75 Å². The average molecular weight is 306 g/mol. The second-order valence-corrected chi connectivity index (χ2v) is 5.09. The van der Waals surface area contributed by atoms with Crippen LogP contribution in [0.25, 0.3) is 0 Å². The van der Waals surface area contributed by atoms with Gasteiger partial charge in [-0.05, 0) is 30.2 Å². The lowest BCUT2D eigenvalue weighted by Crippen LogP contribution is -2.13. The average Bonchev–Trinajstić information content (AvgIpc) is 2.41. The van der Waals surface area contributed by atoms with Gasteiger partial charge in [0.25, 0.3) is 0 Å². The summed E-state index contributed by atoms with van der Waals surface area (Å²) in [5, 5.41) is 0. The fraction of sp³-hybridized carbons (Fsp3) is 0.200. The molecule has 0 saturated heterocycles. The maximum Gasteiger partial charge on any atom is 0.124 e. The van der Waals surface area contributed by atoms with Crippen molar-refractivity contribution in [2.24, 2.45) is 5.73 Å². The fourth-order valence-corrected chi connectivity index (χ4v) is 2.29. The predicted molar refractivity (Wildman–Crippen MR) is 77.9 cm³/mol. The van der Waals surface area contributed by atoms with Crippen LogP contribution in [-0.2, 0) is 0 Å². The molecule has 2 aromatic rings. The number of halogens is 1. The molecule has 94 valence electrons. The molecule has 3 heteroatoms. The first-order chi connectivity index (χ1) is 8.63. The van der Waals surface area contributed by atoms with Crippen LogP contribution in [-0.4, -0.2) is 7.11 Å². The summed E-state index contributed by atoms with van der Waals surface area (Å²) in [6, 6.07) is 13.9. The number of rotatable bonds is 3. The molecular formula is C15H16BrNO. The van der Waals surface area contributed by atoms with Crippen LogP contribution in [0.15, 0.2) is 46.9 Å². The maximum atomic E-state index is 6.31. The standard InChI is InChI=1S/C15H16BrNO/c1-10-8-14(18-2)12(9-13(10)16)15(17)11-6-4-3-5-7-11/h3-9,15H,17H2,1-2H3. The van der Waals surface area contributed by atoms with Crippen molar-refractivity contribution in [3.63, 3.8) is 0 Å². The Hall–Kier alpha value is -1.32. The van der Waals surface area contributed by atoms with E-state index >= 15 is 0 Å². The number of ether oxygens (including phenoxy) is 1. The summed E-state index contributed by atoms with van der Waals surface area (Å²) >= 11 is 3.54. The van der Waals surface area contributed by atoms with Gasteiger partial charge in [-0.3, -0.25) is 0 Å². The van der Waals surface area contributed by atoms with Gasteiger partial charge in [-0.2, -0.15) is 0 Å². The first-order valence-corrected chi connectivity index (χ1v) is 6.57. The van der Waals surface area contributed by atoms with Crippen LogP contribution in [0.1, 0.15) is 22.7 Å². The summed E-state index contributed by atoms with van der Waals surface area (Å²) < 4.78 is 6.47. The van der Waals surface area contributed by atoms with E-state index in [1.807, 2.05) is 49.4 Å². The highest BCUT2D eigenvalue weighted by Gasteiger charge is 2.15. The third-order valence-corrected chi connectivity index (χ3v) is 3.86. The van der Waals surface area contributed by atoms with Gasteiger partial charge in [0.05, 0.1) is 13.2 Å². The fourth-order valence-electron chi connectivity index (χ4n) is 1.93. The predicted octanol–water partition coefficient (Wildman–Crippen LogP) is 3.81. The molecule has 0 fully saturated rings. The lowest BCUT2D eigenvalue weighted by atomic mass is 9.98. The molecule has 2 N–H and O–H groups in total. The Morgan fingerprint density at radius 3 is 2.44 bits per heavy atom. The molecule has 0 amide bonds. The number of benzene rings is 2. The van der Waals surface area contributed by atoms with E-state index in [2.05, 4.69) is 15.9 Å². The van der Waals surface area contributed by atoms with E-state index in [0.29, 0.717) is 0 Å². The molecule has 2 aromatic carbocycles. The number of nitrogens with two attached hydrogens (primary N) is 1. The highest BCUT2D eigenvalue weighted by atomic mass is 79.9. The lowest BCUT2D eigenvalue weighted by molar-refractivity contribution is 0.407. The molecule has 18 heavy (non-hydrogen) atoms. The second-order valence-electron chi connectivity index (χ2n) is 4.23. The van der Waals surface area contributed by atoms with E-state index in [0.717, 1.165) is 26.9 Å². The van der Waals surface area contributed by atoms with Crippen LogP contribution in [0.3, 0.4) is 0 Å². The van der Waals surface area contributed by atoms with Crippen LogP contribution >= 0.6 is 15.9 Å². The summed E-state index contributed by atoms with van der Waals surface area (Å²) in [4.78, 5) is 0. The monoisotopic (exact) mass is 305 g/mol. The molecule has 0 aromatic heterocycles. The van der Waals surface area contributed by atoms with Crippen LogP contribution in [0.4, 0.5) is 0 Å². The number of aryl methyl sites for hydroxylation is 1. The highest BCUT2D eigenvalue weighted by Crippen LogP contribution is 2.33. The first kappa shape index (κ1) is 13.1. The van der Waals surface area contributed by atoms with E-state index in [1.54, 1.807) is 7.11 Å². The van der Waals surface area contributed by atoms with Crippen molar-refractivity contribution in [2.45, 2.75) is 13.0 Å². The molecule has 0 aliphatic rings. The number of methoxy groups -OCH3 is 1. The van der Waals surface area contributed by atoms with Crippen molar-refractivity contribution in [3.05, 3.63) is 63.6 Å². The molecule has 2 rings (SSSR count). The lowest BCUT2D eigenvalue weighted by Gasteiger charge is -2.17. The molecule has 0 bridgehead atoms. The van der Waals surface area contributed by atoms with Crippen molar-refractivity contribution < 1.29 is 4.74 Å². The van der Waals surface area contributed by atoms with Gasteiger partial charge in [0.15, 0.2) is 0 Å². The van der Waals surface area contributed by atoms with Gasteiger partial charge < -0.3 is 10.5 Å². The van der Waals surface area contributed by atoms with Gasteiger partial charge in [-0.1, -0.05) is 46.3 Å². The van der Waals surface area contributed by atoms with Gasteiger partial charge in [-0.15, -0.1) is 0 Å².